The molecule has 3 aromatic rings. The first-order valence-corrected chi connectivity index (χ1v) is 9.87. The fourth-order valence-corrected chi connectivity index (χ4v) is 3.66. The van der Waals surface area contributed by atoms with E-state index in [1.54, 1.807) is 17.4 Å². The largest absolute Gasteiger partial charge is 0.355 e. The van der Waals surface area contributed by atoms with Crippen molar-refractivity contribution in [1.29, 1.82) is 0 Å². The van der Waals surface area contributed by atoms with Gasteiger partial charge in [0.2, 0.25) is 5.91 Å². The Morgan fingerprint density at radius 1 is 1.04 bits per heavy atom. The molecule has 5 nitrogen and oxygen atoms in total. The number of anilines is 2. The fraction of sp³-hybridized carbons (Fsp3) is 0.190. The van der Waals surface area contributed by atoms with Crippen molar-refractivity contribution in [3.8, 4) is 11.3 Å². The molecule has 1 amide bonds. The average Bonchev–Trinajstić information content (AvgIpc) is 3.41. The van der Waals surface area contributed by atoms with E-state index in [2.05, 4.69) is 20.4 Å². The molecule has 1 aliphatic rings. The summed E-state index contributed by atoms with van der Waals surface area (Å²) < 4.78 is 0. The van der Waals surface area contributed by atoms with Crippen LogP contribution in [0.3, 0.4) is 0 Å². The maximum Gasteiger partial charge on any atom is 0.248 e. The Morgan fingerprint density at radius 3 is 2.52 bits per heavy atom. The average molecular weight is 376 g/mol. The van der Waals surface area contributed by atoms with E-state index in [0.717, 1.165) is 40.7 Å². The predicted molar refractivity (Wildman–Crippen MR) is 111 cm³/mol. The van der Waals surface area contributed by atoms with Crippen LogP contribution in [0.1, 0.15) is 17.7 Å². The summed E-state index contributed by atoms with van der Waals surface area (Å²) in [7, 11) is 0. The van der Waals surface area contributed by atoms with Crippen LogP contribution < -0.4 is 10.2 Å². The predicted octanol–water partition coefficient (Wildman–Crippen LogP) is 4.46. The van der Waals surface area contributed by atoms with E-state index in [1.807, 2.05) is 60.0 Å². The number of aromatic nitrogens is 2. The second kappa shape index (κ2) is 8.14. The summed E-state index contributed by atoms with van der Waals surface area (Å²) in [6, 6.07) is 15.6. The minimum Gasteiger partial charge on any atom is -0.355 e. The summed E-state index contributed by atoms with van der Waals surface area (Å²) >= 11 is 1.60. The Labute approximate surface area is 162 Å². The number of carbonyl (C=O) groups is 1. The minimum absolute atomic E-state index is 0.147. The van der Waals surface area contributed by atoms with E-state index in [1.165, 1.54) is 12.8 Å². The maximum absolute atomic E-state index is 12.0. The van der Waals surface area contributed by atoms with Gasteiger partial charge in [-0.2, -0.15) is 0 Å². The zero-order valence-corrected chi connectivity index (χ0v) is 15.7. The van der Waals surface area contributed by atoms with E-state index >= 15 is 0 Å². The lowest BCUT2D eigenvalue weighted by Gasteiger charge is -2.15. The van der Waals surface area contributed by atoms with Gasteiger partial charge < -0.3 is 10.2 Å². The fourth-order valence-electron chi connectivity index (χ4n) is 3.05. The first-order valence-electron chi connectivity index (χ1n) is 9.00. The number of nitrogens with zero attached hydrogens (tertiary/aromatic N) is 3. The van der Waals surface area contributed by atoms with Crippen LogP contribution >= 0.6 is 11.3 Å². The molecule has 0 bridgehead atoms. The molecule has 0 radical (unpaired) electrons. The van der Waals surface area contributed by atoms with Gasteiger partial charge >= 0.3 is 0 Å². The number of hydrogen-bond donors (Lipinski definition) is 1. The highest BCUT2D eigenvalue weighted by atomic mass is 32.1. The van der Waals surface area contributed by atoms with Crippen LogP contribution in [0.5, 0.6) is 0 Å². The smallest absolute Gasteiger partial charge is 0.248 e. The van der Waals surface area contributed by atoms with E-state index in [-0.39, 0.29) is 5.91 Å². The van der Waals surface area contributed by atoms with Crippen molar-refractivity contribution in [2.24, 2.45) is 0 Å². The first-order chi connectivity index (χ1) is 13.3. The molecule has 4 rings (SSSR count). The number of thiophene rings is 1. The molecule has 136 valence electrons. The topological polar surface area (TPSA) is 58.1 Å². The molecular weight excluding hydrogens is 356 g/mol. The van der Waals surface area contributed by atoms with Gasteiger partial charge in [-0.15, -0.1) is 21.5 Å². The Hall–Kier alpha value is -2.99. The van der Waals surface area contributed by atoms with Gasteiger partial charge in [0, 0.05) is 35.3 Å². The van der Waals surface area contributed by atoms with Crippen molar-refractivity contribution < 1.29 is 4.79 Å². The van der Waals surface area contributed by atoms with Crippen molar-refractivity contribution in [3.63, 3.8) is 0 Å². The molecule has 1 aromatic carbocycles. The van der Waals surface area contributed by atoms with Crippen LogP contribution in [0.15, 0.2) is 60.0 Å². The molecule has 0 unspecified atom stereocenters. The quantitative estimate of drug-likeness (QED) is 0.668. The van der Waals surface area contributed by atoms with Crippen LogP contribution in [-0.4, -0.2) is 29.2 Å². The number of amides is 1. The van der Waals surface area contributed by atoms with Crippen molar-refractivity contribution in [3.05, 3.63) is 64.9 Å². The molecule has 1 aliphatic heterocycles. The SMILES string of the molecule is O=C(/C=C/c1cccs1)Nc1ccc(-c2ccc(N3CCCC3)nn2)cc1. The monoisotopic (exact) mass is 376 g/mol. The zero-order valence-electron chi connectivity index (χ0n) is 14.8. The van der Waals surface area contributed by atoms with Crippen molar-refractivity contribution in [2.45, 2.75) is 12.8 Å². The van der Waals surface area contributed by atoms with E-state index in [4.69, 9.17) is 0 Å². The van der Waals surface area contributed by atoms with Gasteiger partial charge in [-0.25, -0.2) is 0 Å². The third-order valence-electron chi connectivity index (χ3n) is 4.47. The van der Waals surface area contributed by atoms with Gasteiger partial charge in [-0.1, -0.05) is 18.2 Å². The number of hydrogen-bond acceptors (Lipinski definition) is 5. The number of benzene rings is 1. The first kappa shape index (κ1) is 17.4. The molecule has 1 N–H and O–H groups in total. The number of rotatable bonds is 5. The van der Waals surface area contributed by atoms with Crippen LogP contribution in [-0.2, 0) is 4.79 Å². The van der Waals surface area contributed by atoms with E-state index < -0.39 is 0 Å². The second-order valence-corrected chi connectivity index (χ2v) is 7.37. The molecule has 1 fully saturated rings. The standard InChI is InChI=1S/C21H20N4OS/c26-21(12-9-18-4-3-15-27-18)22-17-7-5-16(6-8-17)19-10-11-20(24-23-19)25-13-1-2-14-25/h3-12,15H,1-2,13-14H2,(H,22,26)/b12-9+. The Morgan fingerprint density at radius 2 is 1.85 bits per heavy atom. The molecule has 0 atom stereocenters. The molecule has 0 saturated carbocycles. The molecule has 3 heterocycles. The summed E-state index contributed by atoms with van der Waals surface area (Å²) in [5.74, 6) is 0.795. The van der Waals surface area contributed by atoms with Gasteiger partial charge in [-0.05, 0) is 54.6 Å². The molecular formula is C21H20N4OS. The highest BCUT2D eigenvalue weighted by molar-refractivity contribution is 7.10. The lowest BCUT2D eigenvalue weighted by atomic mass is 10.1. The zero-order chi connectivity index (χ0) is 18.5. The van der Waals surface area contributed by atoms with Crippen LogP contribution in [0.2, 0.25) is 0 Å². The summed E-state index contributed by atoms with van der Waals surface area (Å²) in [4.78, 5) is 15.3. The Balaban J connectivity index is 1.39. The van der Waals surface area contributed by atoms with Gasteiger partial charge in [0.05, 0.1) is 5.69 Å². The molecule has 0 aliphatic carbocycles. The van der Waals surface area contributed by atoms with Gasteiger partial charge in [0.1, 0.15) is 0 Å². The van der Waals surface area contributed by atoms with Gasteiger partial charge in [0.25, 0.3) is 0 Å². The lowest BCUT2D eigenvalue weighted by Crippen LogP contribution is -2.19. The summed E-state index contributed by atoms with van der Waals surface area (Å²) in [5, 5.41) is 13.6. The third kappa shape index (κ3) is 4.41. The van der Waals surface area contributed by atoms with Crippen molar-refractivity contribution >= 4 is 34.8 Å². The minimum atomic E-state index is -0.147. The molecule has 27 heavy (non-hydrogen) atoms. The molecule has 1 saturated heterocycles. The van der Waals surface area contributed by atoms with Gasteiger partial charge in [-0.3, -0.25) is 4.79 Å². The molecule has 2 aromatic heterocycles. The number of nitrogens with one attached hydrogen (secondary N) is 1. The second-order valence-electron chi connectivity index (χ2n) is 6.39. The van der Waals surface area contributed by atoms with Crippen LogP contribution in [0.25, 0.3) is 17.3 Å². The normalized spacial score (nSPS) is 14.0. The highest BCUT2D eigenvalue weighted by Crippen LogP contribution is 2.22. The Bertz CT molecular complexity index is 912. The van der Waals surface area contributed by atoms with Crippen molar-refractivity contribution in [2.75, 3.05) is 23.3 Å². The summed E-state index contributed by atoms with van der Waals surface area (Å²) in [6.07, 6.45) is 5.80. The number of carbonyl (C=O) groups excluding carboxylic acids is 1. The summed E-state index contributed by atoms with van der Waals surface area (Å²) in [5.41, 5.74) is 2.55. The Kier molecular flexibility index (Phi) is 5.25. The third-order valence-corrected chi connectivity index (χ3v) is 5.31. The lowest BCUT2D eigenvalue weighted by molar-refractivity contribution is -0.111. The molecule has 6 heteroatoms. The highest BCUT2D eigenvalue weighted by Gasteiger charge is 2.13. The summed E-state index contributed by atoms with van der Waals surface area (Å²) in [6.45, 7) is 2.12. The molecule has 0 spiro atoms. The van der Waals surface area contributed by atoms with Crippen LogP contribution in [0.4, 0.5) is 11.5 Å². The maximum atomic E-state index is 12.0. The van der Waals surface area contributed by atoms with Crippen molar-refractivity contribution in [1.82, 2.24) is 10.2 Å². The van der Waals surface area contributed by atoms with E-state index in [9.17, 15) is 4.79 Å². The van der Waals surface area contributed by atoms with E-state index in [0.29, 0.717) is 0 Å². The van der Waals surface area contributed by atoms with Crippen LogP contribution in [0, 0.1) is 0 Å². The van der Waals surface area contributed by atoms with Gasteiger partial charge in [0.15, 0.2) is 5.82 Å².